The smallest absolute Gasteiger partial charge is 0.286 e. The summed E-state index contributed by atoms with van der Waals surface area (Å²) < 4.78 is 1.01. The van der Waals surface area contributed by atoms with Crippen molar-refractivity contribution in [1.82, 2.24) is 4.90 Å². The van der Waals surface area contributed by atoms with Gasteiger partial charge in [0.1, 0.15) is 0 Å². The molecule has 0 bridgehead atoms. The van der Waals surface area contributed by atoms with Gasteiger partial charge < -0.3 is 4.90 Å². The minimum absolute atomic E-state index is 0.115. The number of aliphatic imine (C=N–C) groups is 1. The van der Waals surface area contributed by atoms with Crippen LogP contribution in [-0.2, 0) is 4.79 Å². The third kappa shape index (κ3) is 3.15. The molecule has 2 heterocycles. The molecule has 0 aliphatic carbocycles. The van der Waals surface area contributed by atoms with Crippen LogP contribution in [0.4, 0.5) is 0 Å². The average molecular weight is 351 g/mol. The molecule has 1 aromatic carbocycles. The zero-order chi connectivity index (χ0) is 13.9. The van der Waals surface area contributed by atoms with Gasteiger partial charge in [0.25, 0.3) is 5.91 Å². The Kier molecular flexibility index (Phi) is 4.27. The van der Waals surface area contributed by atoms with E-state index in [9.17, 15) is 4.79 Å². The van der Waals surface area contributed by atoms with Crippen LogP contribution >= 0.6 is 27.7 Å². The van der Waals surface area contributed by atoms with Crippen LogP contribution in [0, 0.1) is 0 Å². The lowest BCUT2D eigenvalue weighted by Crippen LogP contribution is -2.33. The van der Waals surface area contributed by atoms with Crippen molar-refractivity contribution in [2.45, 2.75) is 19.3 Å². The topological polar surface area (TPSA) is 32.7 Å². The van der Waals surface area contributed by atoms with Gasteiger partial charge in [0.2, 0.25) is 0 Å². The van der Waals surface area contributed by atoms with Gasteiger partial charge >= 0.3 is 0 Å². The van der Waals surface area contributed by atoms with Gasteiger partial charge in [0, 0.05) is 17.6 Å². The summed E-state index contributed by atoms with van der Waals surface area (Å²) in [5.74, 6) is -0.115. The lowest BCUT2D eigenvalue weighted by atomic mass is 10.1. The molecule has 0 aromatic heterocycles. The van der Waals surface area contributed by atoms with E-state index >= 15 is 0 Å². The molecule has 5 heteroatoms. The maximum Gasteiger partial charge on any atom is 0.286 e. The van der Waals surface area contributed by atoms with Gasteiger partial charge in [-0.1, -0.05) is 28.1 Å². The van der Waals surface area contributed by atoms with E-state index in [1.165, 1.54) is 31.0 Å². The number of hydrogen-bond acceptors (Lipinski definition) is 3. The van der Waals surface area contributed by atoms with Gasteiger partial charge in [-0.3, -0.25) is 4.79 Å². The maximum atomic E-state index is 12.0. The predicted molar refractivity (Wildman–Crippen MR) is 87.6 cm³/mol. The Morgan fingerprint density at radius 2 is 2.05 bits per heavy atom. The van der Waals surface area contributed by atoms with E-state index in [4.69, 9.17) is 0 Å². The van der Waals surface area contributed by atoms with Crippen LogP contribution in [-0.4, -0.2) is 29.1 Å². The Morgan fingerprint density at radius 3 is 2.80 bits per heavy atom. The molecule has 2 aliphatic heterocycles. The number of thioether (sulfide) groups is 1. The first-order valence-corrected chi connectivity index (χ1v) is 8.36. The standard InChI is InChI=1S/C15H15BrN2OS/c16-12-6-4-5-11(9-12)10-13-14(19)17-15(20-13)18-7-2-1-3-8-18/h4-6,9-10H,1-3,7-8H2/b13-10-. The summed E-state index contributed by atoms with van der Waals surface area (Å²) in [7, 11) is 0. The number of halogens is 1. The van der Waals surface area contributed by atoms with Gasteiger partial charge in [0.15, 0.2) is 5.17 Å². The SMILES string of the molecule is O=C1N=C(N2CCCCC2)S/C1=C\c1cccc(Br)c1. The monoisotopic (exact) mass is 350 g/mol. The summed E-state index contributed by atoms with van der Waals surface area (Å²) in [4.78, 5) is 19.1. The van der Waals surface area contributed by atoms with Crippen molar-refractivity contribution in [3.05, 3.63) is 39.2 Å². The number of amidine groups is 1. The van der Waals surface area contributed by atoms with Gasteiger partial charge in [-0.05, 0) is 54.8 Å². The minimum atomic E-state index is -0.115. The fourth-order valence-corrected chi connectivity index (χ4v) is 3.75. The number of likely N-dealkylation sites (tertiary alicyclic amines) is 1. The molecule has 1 saturated heterocycles. The van der Waals surface area contributed by atoms with E-state index in [0.717, 1.165) is 28.3 Å². The summed E-state index contributed by atoms with van der Waals surface area (Å²) >= 11 is 4.94. The number of benzene rings is 1. The average Bonchev–Trinajstić information content (AvgIpc) is 2.81. The summed E-state index contributed by atoms with van der Waals surface area (Å²) in [6.07, 6.45) is 5.58. The van der Waals surface area contributed by atoms with Crippen LogP contribution < -0.4 is 0 Å². The van der Waals surface area contributed by atoms with E-state index in [-0.39, 0.29) is 5.91 Å². The highest BCUT2D eigenvalue weighted by Crippen LogP contribution is 2.31. The van der Waals surface area contributed by atoms with Crippen molar-refractivity contribution >= 4 is 44.8 Å². The summed E-state index contributed by atoms with van der Waals surface area (Å²) in [6, 6.07) is 7.93. The van der Waals surface area contributed by atoms with E-state index in [2.05, 4.69) is 25.8 Å². The second-order valence-electron chi connectivity index (χ2n) is 4.91. The van der Waals surface area contributed by atoms with Crippen molar-refractivity contribution in [2.24, 2.45) is 4.99 Å². The Labute approximate surface area is 131 Å². The van der Waals surface area contributed by atoms with Crippen LogP contribution in [0.3, 0.4) is 0 Å². The number of hydrogen-bond donors (Lipinski definition) is 0. The first-order valence-electron chi connectivity index (χ1n) is 6.75. The Bertz CT molecular complexity index is 591. The molecular weight excluding hydrogens is 336 g/mol. The largest absolute Gasteiger partial charge is 0.351 e. The van der Waals surface area contributed by atoms with Crippen LogP contribution in [0.5, 0.6) is 0 Å². The molecule has 0 unspecified atom stereocenters. The number of carbonyl (C=O) groups is 1. The fourth-order valence-electron chi connectivity index (χ4n) is 2.37. The molecule has 0 N–H and O–H groups in total. The van der Waals surface area contributed by atoms with Crippen LogP contribution in [0.25, 0.3) is 6.08 Å². The third-order valence-electron chi connectivity index (χ3n) is 3.38. The molecule has 1 amide bonds. The number of carbonyl (C=O) groups excluding carboxylic acids is 1. The van der Waals surface area contributed by atoms with E-state index < -0.39 is 0 Å². The van der Waals surface area contributed by atoms with Crippen molar-refractivity contribution in [1.29, 1.82) is 0 Å². The quantitative estimate of drug-likeness (QED) is 0.720. The molecule has 2 aliphatic rings. The third-order valence-corrected chi connectivity index (χ3v) is 4.92. The van der Waals surface area contributed by atoms with Crippen LogP contribution in [0.15, 0.2) is 38.6 Å². The molecule has 0 saturated carbocycles. The second-order valence-corrected chi connectivity index (χ2v) is 6.84. The Morgan fingerprint density at radius 1 is 1.25 bits per heavy atom. The second kappa shape index (κ2) is 6.14. The minimum Gasteiger partial charge on any atom is -0.351 e. The van der Waals surface area contributed by atoms with E-state index in [1.54, 1.807) is 0 Å². The van der Waals surface area contributed by atoms with Crippen molar-refractivity contribution < 1.29 is 4.79 Å². The zero-order valence-corrected chi connectivity index (χ0v) is 13.4. The van der Waals surface area contributed by atoms with Gasteiger partial charge in [0.05, 0.1) is 4.91 Å². The molecule has 1 fully saturated rings. The molecule has 20 heavy (non-hydrogen) atoms. The Hall–Kier alpha value is -1.07. The van der Waals surface area contributed by atoms with Gasteiger partial charge in [-0.25, -0.2) is 0 Å². The number of amides is 1. The van der Waals surface area contributed by atoms with E-state index in [1.807, 2.05) is 30.3 Å². The first-order chi connectivity index (χ1) is 9.72. The van der Waals surface area contributed by atoms with Crippen molar-refractivity contribution in [2.75, 3.05) is 13.1 Å². The molecule has 3 nitrogen and oxygen atoms in total. The van der Waals surface area contributed by atoms with Crippen LogP contribution in [0.1, 0.15) is 24.8 Å². The maximum absolute atomic E-state index is 12.0. The molecule has 0 atom stereocenters. The lowest BCUT2D eigenvalue weighted by Gasteiger charge is -2.27. The Balaban J connectivity index is 1.76. The van der Waals surface area contributed by atoms with Crippen molar-refractivity contribution in [3.63, 3.8) is 0 Å². The molecule has 1 aromatic rings. The summed E-state index contributed by atoms with van der Waals surface area (Å²) in [5, 5.41) is 0.871. The predicted octanol–water partition coefficient (Wildman–Crippen LogP) is 3.91. The molecule has 0 spiro atoms. The highest BCUT2D eigenvalue weighted by Gasteiger charge is 2.26. The van der Waals surface area contributed by atoms with Gasteiger partial charge in [-0.15, -0.1) is 0 Å². The van der Waals surface area contributed by atoms with Crippen LogP contribution in [0.2, 0.25) is 0 Å². The number of nitrogens with zero attached hydrogens (tertiary/aromatic N) is 2. The molecule has 104 valence electrons. The fraction of sp³-hybridized carbons (Fsp3) is 0.333. The van der Waals surface area contributed by atoms with E-state index in [0.29, 0.717) is 4.91 Å². The highest BCUT2D eigenvalue weighted by atomic mass is 79.9. The highest BCUT2D eigenvalue weighted by molar-refractivity contribution is 9.10. The van der Waals surface area contributed by atoms with Crippen molar-refractivity contribution in [3.8, 4) is 0 Å². The number of rotatable bonds is 1. The molecule has 3 rings (SSSR count). The lowest BCUT2D eigenvalue weighted by molar-refractivity contribution is -0.113. The normalized spacial score (nSPS) is 21.4. The molecular formula is C15H15BrN2OS. The number of piperidine rings is 1. The summed E-state index contributed by atoms with van der Waals surface area (Å²) in [5.41, 5.74) is 1.02. The summed E-state index contributed by atoms with van der Waals surface area (Å²) in [6.45, 7) is 2.03. The van der Waals surface area contributed by atoms with Gasteiger partial charge in [-0.2, -0.15) is 4.99 Å². The zero-order valence-electron chi connectivity index (χ0n) is 11.0. The first kappa shape index (κ1) is 13.9. The molecule has 0 radical (unpaired) electrons.